The van der Waals surface area contributed by atoms with E-state index in [0.717, 1.165) is 6.07 Å². The van der Waals surface area contributed by atoms with Gasteiger partial charge >= 0.3 is 5.92 Å². The molecule has 0 saturated carbocycles. The molecule has 8 heteroatoms. The summed E-state index contributed by atoms with van der Waals surface area (Å²) in [6, 6.07) is 1.67. The molecule has 1 N–H and O–H groups in total. The lowest BCUT2D eigenvalue weighted by Crippen LogP contribution is -2.24. The van der Waals surface area contributed by atoms with Crippen LogP contribution < -0.4 is 0 Å². The molecule has 0 bridgehead atoms. The number of aliphatic hydroxyl groups excluding tert-OH is 1. The molecule has 0 saturated heterocycles. The normalized spacial score (nSPS) is 25.4. The van der Waals surface area contributed by atoms with Crippen LogP contribution in [-0.2, 0) is 16.5 Å². The maximum atomic E-state index is 13.4. The van der Waals surface area contributed by atoms with Crippen molar-refractivity contribution in [3.63, 3.8) is 0 Å². The third kappa shape index (κ3) is 1.79. The van der Waals surface area contributed by atoms with Crippen LogP contribution in [0.4, 0.5) is 17.6 Å². The van der Waals surface area contributed by atoms with E-state index in [-0.39, 0.29) is 5.56 Å². The summed E-state index contributed by atoms with van der Waals surface area (Å²) in [5.41, 5.74) is -1.83. The number of fused-ring (bicyclic) bond motifs is 1. The van der Waals surface area contributed by atoms with E-state index in [9.17, 15) is 31.1 Å². The molecule has 0 radical (unpaired) electrons. The summed E-state index contributed by atoms with van der Waals surface area (Å²) >= 11 is 0. The Hall–Kier alpha value is -1.15. The molecule has 1 aromatic rings. The minimum Gasteiger partial charge on any atom is -0.382 e. The van der Waals surface area contributed by atoms with E-state index in [1.54, 1.807) is 0 Å². The molecule has 0 unspecified atom stereocenters. The van der Waals surface area contributed by atoms with Gasteiger partial charge in [0.15, 0.2) is 6.17 Å². The second-order valence-corrected chi connectivity index (χ2v) is 4.95. The Morgan fingerprint density at radius 2 is 1.89 bits per heavy atom. The van der Waals surface area contributed by atoms with E-state index < -0.39 is 51.6 Å². The van der Waals surface area contributed by atoms with E-state index in [2.05, 4.69) is 0 Å². The monoisotopic (exact) mass is 284 g/mol. The zero-order chi connectivity index (χ0) is 13.7. The zero-order valence-corrected chi connectivity index (χ0v) is 9.63. The van der Waals surface area contributed by atoms with Gasteiger partial charge in [-0.25, -0.2) is 17.2 Å². The summed E-state index contributed by atoms with van der Waals surface area (Å²) in [6.45, 7) is 0. The summed E-state index contributed by atoms with van der Waals surface area (Å²) < 4.78 is 74.5. The average molecular weight is 284 g/mol. The summed E-state index contributed by atoms with van der Waals surface area (Å²) in [5, 5.41) is 9.34. The molecule has 0 spiro atoms. The lowest BCUT2D eigenvalue weighted by molar-refractivity contribution is -0.143. The highest BCUT2D eigenvalue weighted by Gasteiger charge is 2.57. The third-order valence-corrected chi connectivity index (χ3v) is 3.45. The molecular formula is C10H8F4O3S. The fourth-order valence-electron chi connectivity index (χ4n) is 2.04. The highest BCUT2D eigenvalue weighted by Crippen LogP contribution is 2.54. The lowest BCUT2D eigenvalue weighted by Gasteiger charge is -2.16. The molecule has 1 aliphatic rings. The first-order valence-corrected chi connectivity index (χ1v) is 6.26. The first-order valence-electron chi connectivity index (χ1n) is 4.89. The maximum absolute atomic E-state index is 13.4. The smallest absolute Gasteiger partial charge is 0.312 e. The van der Waals surface area contributed by atoms with Gasteiger partial charge in [-0.2, -0.15) is 8.78 Å². The maximum Gasteiger partial charge on any atom is 0.312 e. The Morgan fingerprint density at radius 1 is 1.28 bits per heavy atom. The largest absolute Gasteiger partial charge is 0.382 e. The second kappa shape index (κ2) is 4.20. The molecule has 0 aromatic heterocycles. The standard InChI is InChI=1S/C10H8F4O3S/c11-5-2-1-4(3-18(16)17)6-7(5)8(12)10(13,14)9(6)15/h1-2,8-9,15,18H,3H2/t8-,9+/m1/s1. The van der Waals surface area contributed by atoms with Crippen LogP contribution in [0.2, 0.25) is 0 Å². The first kappa shape index (κ1) is 13.3. The van der Waals surface area contributed by atoms with Crippen LogP contribution >= 0.6 is 0 Å². The van der Waals surface area contributed by atoms with Crippen molar-refractivity contribution in [2.75, 3.05) is 0 Å². The summed E-state index contributed by atoms with van der Waals surface area (Å²) in [5.74, 6) is -6.04. The van der Waals surface area contributed by atoms with Crippen molar-refractivity contribution in [3.05, 3.63) is 34.6 Å². The van der Waals surface area contributed by atoms with Gasteiger partial charge in [-0.3, -0.25) is 0 Å². The number of alkyl halides is 3. The molecule has 0 aliphatic heterocycles. The van der Waals surface area contributed by atoms with E-state index in [1.165, 1.54) is 0 Å². The molecular weight excluding hydrogens is 276 g/mol. The number of thiol groups is 1. The number of hydrogen-bond donors (Lipinski definition) is 2. The van der Waals surface area contributed by atoms with Crippen LogP contribution in [0, 0.1) is 5.82 Å². The predicted octanol–water partition coefficient (Wildman–Crippen LogP) is 1.63. The number of aliphatic hydroxyl groups is 1. The van der Waals surface area contributed by atoms with Crippen LogP contribution in [0.5, 0.6) is 0 Å². The molecule has 100 valence electrons. The SMILES string of the molecule is O=[SH](=O)Cc1ccc(F)c2c1[C@H](O)C(F)(F)[C@@H]2F. The first-order chi connectivity index (χ1) is 8.26. The molecule has 0 heterocycles. The topological polar surface area (TPSA) is 54.4 Å². The van der Waals surface area contributed by atoms with Crippen molar-refractivity contribution in [2.45, 2.75) is 24.0 Å². The fourth-order valence-corrected chi connectivity index (χ4v) is 2.59. The summed E-state index contributed by atoms with van der Waals surface area (Å²) in [6.07, 6.45) is -5.52. The van der Waals surface area contributed by atoms with Crippen LogP contribution in [0.15, 0.2) is 12.1 Å². The molecule has 18 heavy (non-hydrogen) atoms. The average Bonchev–Trinajstić information content (AvgIpc) is 2.44. The third-order valence-electron chi connectivity index (χ3n) is 2.85. The van der Waals surface area contributed by atoms with E-state index in [0.29, 0.717) is 6.07 Å². The molecule has 1 aromatic carbocycles. The molecule has 0 amide bonds. The van der Waals surface area contributed by atoms with Gasteiger partial charge in [0.05, 0.1) is 5.75 Å². The highest BCUT2D eigenvalue weighted by molar-refractivity contribution is 7.71. The van der Waals surface area contributed by atoms with E-state index in [1.807, 2.05) is 0 Å². The second-order valence-electron chi connectivity index (χ2n) is 3.96. The van der Waals surface area contributed by atoms with Gasteiger partial charge in [0, 0.05) is 11.1 Å². The van der Waals surface area contributed by atoms with Crippen LogP contribution in [-0.4, -0.2) is 19.4 Å². The molecule has 3 nitrogen and oxygen atoms in total. The van der Waals surface area contributed by atoms with E-state index in [4.69, 9.17) is 0 Å². The van der Waals surface area contributed by atoms with Gasteiger partial charge in [-0.1, -0.05) is 6.07 Å². The van der Waals surface area contributed by atoms with Crippen molar-refractivity contribution in [1.82, 2.24) is 0 Å². The molecule has 0 fully saturated rings. The van der Waals surface area contributed by atoms with Gasteiger partial charge in [0.1, 0.15) is 22.6 Å². The van der Waals surface area contributed by atoms with Gasteiger partial charge in [0.25, 0.3) is 0 Å². The Bertz CT molecular complexity index is 562. The highest BCUT2D eigenvalue weighted by atomic mass is 32.2. The van der Waals surface area contributed by atoms with Crippen LogP contribution in [0.1, 0.15) is 29.0 Å². The number of halogens is 4. The van der Waals surface area contributed by atoms with Gasteiger partial charge in [0.2, 0.25) is 0 Å². The molecule has 2 rings (SSSR count). The van der Waals surface area contributed by atoms with Crippen molar-refractivity contribution in [1.29, 1.82) is 0 Å². The van der Waals surface area contributed by atoms with Crippen molar-refractivity contribution >= 4 is 10.7 Å². The molecule has 1 aliphatic carbocycles. The predicted molar refractivity (Wildman–Crippen MR) is 54.2 cm³/mol. The Labute approximate surface area is 101 Å². The Balaban J connectivity index is 2.67. The fraction of sp³-hybridized carbons (Fsp3) is 0.400. The van der Waals surface area contributed by atoms with Crippen molar-refractivity contribution < 1.29 is 31.1 Å². The number of hydrogen-bond acceptors (Lipinski definition) is 3. The van der Waals surface area contributed by atoms with Crippen molar-refractivity contribution in [3.8, 4) is 0 Å². The van der Waals surface area contributed by atoms with Crippen LogP contribution in [0.3, 0.4) is 0 Å². The van der Waals surface area contributed by atoms with Crippen LogP contribution in [0.25, 0.3) is 0 Å². The minimum absolute atomic E-state index is 0.213. The van der Waals surface area contributed by atoms with Gasteiger partial charge in [-0.05, 0) is 11.6 Å². The van der Waals surface area contributed by atoms with Crippen molar-refractivity contribution in [2.24, 2.45) is 0 Å². The lowest BCUT2D eigenvalue weighted by atomic mass is 10.0. The number of benzene rings is 1. The quantitative estimate of drug-likeness (QED) is 0.641. The Morgan fingerprint density at radius 3 is 2.44 bits per heavy atom. The summed E-state index contributed by atoms with van der Waals surface area (Å²) in [4.78, 5) is 0. The summed E-state index contributed by atoms with van der Waals surface area (Å²) in [7, 11) is -2.96. The van der Waals surface area contributed by atoms with E-state index >= 15 is 0 Å². The minimum atomic E-state index is -4.16. The van der Waals surface area contributed by atoms with Gasteiger partial charge in [-0.15, -0.1) is 0 Å². The number of rotatable bonds is 2. The Kier molecular flexibility index (Phi) is 3.10. The zero-order valence-electron chi connectivity index (χ0n) is 8.74. The molecule has 2 atom stereocenters. The van der Waals surface area contributed by atoms with Gasteiger partial charge < -0.3 is 5.11 Å².